The van der Waals surface area contributed by atoms with Crippen molar-refractivity contribution >= 4 is 11.5 Å². The van der Waals surface area contributed by atoms with Gasteiger partial charge in [-0.3, -0.25) is 0 Å². The molecule has 0 fully saturated rings. The van der Waals surface area contributed by atoms with E-state index in [-0.39, 0.29) is 5.97 Å². The Kier molecular flexibility index (Phi) is 5.97. The summed E-state index contributed by atoms with van der Waals surface area (Å²) in [5.41, 5.74) is 5.31. The van der Waals surface area contributed by atoms with Crippen molar-refractivity contribution < 1.29 is 9.53 Å². The third-order valence-electron chi connectivity index (χ3n) is 4.14. The Hall–Kier alpha value is -2.35. The quantitative estimate of drug-likeness (QED) is 0.487. The van der Waals surface area contributed by atoms with E-state index in [0.717, 1.165) is 11.1 Å². The lowest BCUT2D eigenvalue weighted by Crippen LogP contribution is -2.01. The number of rotatable bonds is 5. The molecule has 0 saturated heterocycles. The maximum absolute atomic E-state index is 12.0. The lowest BCUT2D eigenvalue weighted by Gasteiger charge is -2.17. The summed E-state index contributed by atoms with van der Waals surface area (Å²) in [4.78, 5) is 12.0. The molecule has 0 atom stereocenters. The molecule has 2 heteroatoms. The van der Waals surface area contributed by atoms with E-state index in [1.807, 2.05) is 25.1 Å². The van der Waals surface area contributed by atoms with E-state index in [1.165, 1.54) is 11.1 Å². The van der Waals surface area contributed by atoms with Gasteiger partial charge in [-0.15, -0.1) is 0 Å². The Labute approximate surface area is 145 Å². The van der Waals surface area contributed by atoms with E-state index >= 15 is 0 Å². The van der Waals surface area contributed by atoms with Crippen LogP contribution in [0.5, 0.6) is 0 Å². The summed E-state index contributed by atoms with van der Waals surface area (Å²) in [6, 6.07) is 15.5. The van der Waals surface area contributed by atoms with Crippen LogP contribution in [0.1, 0.15) is 73.5 Å². The summed E-state index contributed by atoms with van der Waals surface area (Å²) >= 11 is 0. The Morgan fingerprint density at radius 1 is 0.875 bits per heavy atom. The number of esters is 1. The van der Waals surface area contributed by atoms with Gasteiger partial charge in [0.1, 0.15) is 0 Å². The molecule has 0 radical (unpaired) electrons. The van der Waals surface area contributed by atoms with Gasteiger partial charge in [0.25, 0.3) is 0 Å². The maximum atomic E-state index is 12.0. The minimum absolute atomic E-state index is 0.335. The van der Waals surface area contributed by atoms with Crippen LogP contribution in [-0.2, 0) is 4.74 Å². The molecule has 2 nitrogen and oxygen atoms in total. The van der Waals surface area contributed by atoms with Gasteiger partial charge in [0, 0.05) is 0 Å². The van der Waals surface area contributed by atoms with Crippen LogP contribution in [0.2, 0.25) is 0 Å². The molecule has 0 unspecified atom stereocenters. The Balaban J connectivity index is 2.21. The lowest BCUT2D eigenvalue weighted by molar-refractivity contribution is 0.0664. The normalized spacial score (nSPS) is 11.9. The van der Waals surface area contributed by atoms with Crippen molar-refractivity contribution in [3.8, 4) is 0 Å². The third-order valence-corrected chi connectivity index (χ3v) is 4.14. The van der Waals surface area contributed by atoms with Gasteiger partial charge in [-0.1, -0.05) is 64.1 Å². The van der Waals surface area contributed by atoms with E-state index in [9.17, 15) is 4.79 Å². The molecule has 2 rings (SSSR count). The molecular formula is C22H26O2. The fourth-order valence-electron chi connectivity index (χ4n) is 2.70. The Morgan fingerprint density at radius 2 is 1.50 bits per heavy atom. The van der Waals surface area contributed by atoms with Crippen molar-refractivity contribution in [1.29, 1.82) is 0 Å². The molecule has 2 aromatic rings. The minimum atomic E-state index is -0.335. The molecule has 0 N–H and O–H groups in total. The van der Waals surface area contributed by atoms with E-state index in [2.05, 4.69) is 45.9 Å². The first-order valence-corrected chi connectivity index (χ1v) is 8.47. The number of carbonyl (C=O) groups is 1. The van der Waals surface area contributed by atoms with Crippen molar-refractivity contribution in [2.75, 3.05) is 0 Å². The summed E-state index contributed by atoms with van der Waals surface area (Å²) in [7, 11) is 0. The molecule has 0 spiro atoms. The number of hydrogen-bond donors (Lipinski definition) is 0. The molecule has 24 heavy (non-hydrogen) atoms. The van der Waals surface area contributed by atoms with Crippen LogP contribution in [0.15, 0.2) is 54.8 Å². The van der Waals surface area contributed by atoms with Crippen molar-refractivity contribution in [3.05, 3.63) is 77.0 Å². The van der Waals surface area contributed by atoms with Crippen LogP contribution >= 0.6 is 0 Å². The average molecular weight is 322 g/mol. The second kappa shape index (κ2) is 7.96. The summed E-state index contributed by atoms with van der Waals surface area (Å²) in [6.07, 6.45) is 1.55. The zero-order chi connectivity index (χ0) is 17.7. The van der Waals surface area contributed by atoms with E-state index in [4.69, 9.17) is 4.74 Å². The largest absolute Gasteiger partial charge is 0.431 e. The van der Waals surface area contributed by atoms with Crippen LogP contribution in [0.4, 0.5) is 0 Å². The Bertz CT molecular complexity index is 725. The van der Waals surface area contributed by atoms with Gasteiger partial charge >= 0.3 is 5.97 Å². The lowest BCUT2D eigenvalue weighted by atomic mass is 9.88. The van der Waals surface area contributed by atoms with Crippen molar-refractivity contribution in [2.24, 2.45) is 0 Å². The maximum Gasteiger partial charge on any atom is 0.342 e. The molecule has 0 bridgehead atoms. The van der Waals surface area contributed by atoms with Crippen molar-refractivity contribution in [1.82, 2.24) is 0 Å². The van der Waals surface area contributed by atoms with Gasteiger partial charge in [-0.2, -0.15) is 0 Å². The van der Waals surface area contributed by atoms with Gasteiger partial charge in [0.15, 0.2) is 0 Å². The second-order valence-electron chi connectivity index (χ2n) is 6.73. The zero-order valence-corrected chi connectivity index (χ0v) is 15.2. The molecule has 0 aliphatic carbocycles. The molecule has 0 amide bonds. The summed E-state index contributed by atoms with van der Waals surface area (Å²) < 4.78 is 5.32. The number of allylic oxidation sites excluding steroid dienone is 1. The molecule has 2 aromatic carbocycles. The number of carbonyl (C=O) groups excluding carboxylic acids is 1. The number of ether oxygens (including phenoxy) is 1. The highest BCUT2D eigenvalue weighted by Gasteiger charge is 2.12. The van der Waals surface area contributed by atoms with Crippen LogP contribution in [0, 0.1) is 0 Å². The molecule has 0 heterocycles. The molecule has 0 saturated carbocycles. The van der Waals surface area contributed by atoms with Crippen LogP contribution in [0.25, 0.3) is 5.57 Å². The van der Waals surface area contributed by atoms with E-state index in [0.29, 0.717) is 17.4 Å². The highest BCUT2D eigenvalue weighted by atomic mass is 16.5. The fraction of sp³-hybridized carbons (Fsp3) is 0.318. The predicted octanol–water partition coefficient (Wildman–Crippen LogP) is 6.15. The molecule has 0 aliphatic rings. The first-order valence-electron chi connectivity index (χ1n) is 8.47. The monoisotopic (exact) mass is 322 g/mol. The highest BCUT2D eigenvalue weighted by molar-refractivity contribution is 5.90. The van der Waals surface area contributed by atoms with Crippen LogP contribution in [-0.4, -0.2) is 5.97 Å². The van der Waals surface area contributed by atoms with Crippen molar-refractivity contribution in [2.45, 2.75) is 46.5 Å². The summed E-state index contributed by atoms with van der Waals surface area (Å²) in [5, 5.41) is 0. The van der Waals surface area contributed by atoms with Crippen LogP contribution in [0.3, 0.4) is 0 Å². The summed E-state index contributed by atoms with van der Waals surface area (Å²) in [6.45, 7) is 10.8. The molecular weight excluding hydrogens is 296 g/mol. The molecule has 126 valence electrons. The standard InChI is InChI=1S/C22H26O2/c1-15(2)20-12-11-19(13-21(20)16(3)4)17(5)14-24-22(23)18-9-7-6-8-10-18/h6-16H,1-5H3. The van der Waals surface area contributed by atoms with Gasteiger partial charge in [-0.25, -0.2) is 4.79 Å². The third kappa shape index (κ3) is 4.35. The van der Waals surface area contributed by atoms with E-state index < -0.39 is 0 Å². The fourth-order valence-corrected chi connectivity index (χ4v) is 2.70. The second-order valence-corrected chi connectivity index (χ2v) is 6.73. The Morgan fingerprint density at radius 3 is 2.08 bits per heavy atom. The molecule has 0 aliphatic heterocycles. The predicted molar refractivity (Wildman–Crippen MR) is 100 cm³/mol. The topological polar surface area (TPSA) is 26.3 Å². The molecule has 0 aromatic heterocycles. The smallest absolute Gasteiger partial charge is 0.342 e. The average Bonchev–Trinajstić information content (AvgIpc) is 2.59. The SMILES string of the molecule is CC(=COC(=O)c1ccccc1)c1ccc(C(C)C)c(C(C)C)c1. The van der Waals surface area contributed by atoms with E-state index in [1.54, 1.807) is 18.4 Å². The van der Waals surface area contributed by atoms with Gasteiger partial charge in [0.2, 0.25) is 0 Å². The van der Waals surface area contributed by atoms with Gasteiger partial charge in [-0.05, 0) is 53.2 Å². The minimum Gasteiger partial charge on any atom is -0.431 e. The number of benzene rings is 2. The van der Waals surface area contributed by atoms with Gasteiger partial charge < -0.3 is 4.74 Å². The highest BCUT2D eigenvalue weighted by Crippen LogP contribution is 2.29. The first kappa shape index (κ1) is 18.0. The summed E-state index contributed by atoms with van der Waals surface area (Å²) in [5.74, 6) is 0.622. The van der Waals surface area contributed by atoms with Gasteiger partial charge in [0.05, 0.1) is 11.8 Å². The first-order chi connectivity index (χ1) is 11.4. The zero-order valence-electron chi connectivity index (χ0n) is 15.2. The number of hydrogen-bond acceptors (Lipinski definition) is 2. The van der Waals surface area contributed by atoms with Crippen molar-refractivity contribution in [3.63, 3.8) is 0 Å². The van der Waals surface area contributed by atoms with Crippen LogP contribution < -0.4 is 0 Å².